The molecule has 0 radical (unpaired) electrons. The van der Waals surface area contributed by atoms with Crippen molar-refractivity contribution >= 4 is 5.97 Å². The van der Waals surface area contributed by atoms with Crippen molar-refractivity contribution in [2.45, 2.75) is 72.0 Å². The number of aliphatic carboxylic acids is 1. The van der Waals surface area contributed by atoms with Gasteiger partial charge in [0.2, 0.25) is 0 Å². The summed E-state index contributed by atoms with van der Waals surface area (Å²) in [6.07, 6.45) is 4.20. The van der Waals surface area contributed by atoms with Crippen LogP contribution in [0.25, 0.3) is 0 Å². The molecule has 0 aliphatic heterocycles. The van der Waals surface area contributed by atoms with Gasteiger partial charge in [0.05, 0.1) is 18.6 Å². The van der Waals surface area contributed by atoms with E-state index in [1.54, 1.807) is 12.1 Å². The zero-order valence-electron chi connectivity index (χ0n) is 14.1. The van der Waals surface area contributed by atoms with Gasteiger partial charge in [-0.05, 0) is 44.4 Å². The van der Waals surface area contributed by atoms with Crippen molar-refractivity contribution in [3.63, 3.8) is 0 Å². The molecule has 0 spiro atoms. The van der Waals surface area contributed by atoms with Crippen molar-refractivity contribution in [1.29, 1.82) is 0 Å². The summed E-state index contributed by atoms with van der Waals surface area (Å²) in [5.74, 6) is 0.487. The molecule has 22 heavy (non-hydrogen) atoms. The third-order valence-electron chi connectivity index (χ3n) is 3.41. The molecule has 2 unspecified atom stereocenters. The van der Waals surface area contributed by atoms with Crippen LogP contribution in [0.4, 0.5) is 0 Å². The molecule has 0 aliphatic rings. The number of carboxylic acids is 1. The van der Waals surface area contributed by atoms with E-state index in [0.29, 0.717) is 11.5 Å². The summed E-state index contributed by atoms with van der Waals surface area (Å²) in [5, 5.41) is 8.94. The lowest BCUT2D eigenvalue weighted by Crippen LogP contribution is -2.15. The van der Waals surface area contributed by atoms with Crippen LogP contribution in [0.15, 0.2) is 18.2 Å². The van der Waals surface area contributed by atoms with Crippen molar-refractivity contribution in [2.24, 2.45) is 0 Å². The minimum Gasteiger partial charge on any atom is -0.487 e. The first-order chi connectivity index (χ1) is 10.5. The highest BCUT2D eigenvalue weighted by molar-refractivity contribution is 5.70. The topological polar surface area (TPSA) is 55.8 Å². The summed E-state index contributed by atoms with van der Waals surface area (Å²) in [6, 6.07) is 5.40. The lowest BCUT2D eigenvalue weighted by molar-refractivity contribution is -0.136. The summed E-state index contributed by atoms with van der Waals surface area (Å²) in [4.78, 5) is 10.9. The summed E-state index contributed by atoms with van der Waals surface area (Å²) < 4.78 is 11.9. The Kier molecular flexibility index (Phi) is 7.78. The molecule has 124 valence electrons. The van der Waals surface area contributed by atoms with Crippen LogP contribution in [0.3, 0.4) is 0 Å². The molecule has 1 aromatic rings. The van der Waals surface area contributed by atoms with Crippen LogP contribution in [0.5, 0.6) is 11.5 Å². The maximum absolute atomic E-state index is 10.9. The molecule has 4 heteroatoms. The van der Waals surface area contributed by atoms with Crippen LogP contribution in [-0.4, -0.2) is 23.3 Å². The Hall–Kier alpha value is -1.71. The van der Waals surface area contributed by atoms with E-state index >= 15 is 0 Å². The predicted molar refractivity (Wildman–Crippen MR) is 87.8 cm³/mol. The lowest BCUT2D eigenvalue weighted by Gasteiger charge is -2.20. The van der Waals surface area contributed by atoms with Crippen molar-refractivity contribution in [1.82, 2.24) is 0 Å². The number of rotatable bonds is 10. The van der Waals surface area contributed by atoms with Gasteiger partial charge in [0.15, 0.2) is 11.5 Å². The molecule has 1 N–H and O–H groups in total. The third-order valence-corrected chi connectivity index (χ3v) is 3.41. The van der Waals surface area contributed by atoms with E-state index in [0.717, 1.165) is 31.2 Å². The second-order valence-corrected chi connectivity index (χ2v) is 5.79. The zero-order chi connectivity index (χ0) is 16.5. The molecule has 0 amide bonds. The van der Waals surface area contributed by atoms with Crippen LogP contribution in [0, 0.1) is 0 Å². The van der Waals surface area contributed by atoms with E-state index in [4.69, 9.17) is 14.6 Å². The van der Waals surface area contributed by atoms with Gasteiger partial charge in [0.25, 0.3) is 0 Å². The van der Waals surface area contributed by atoms with Crippen LogP contribution in [-0.2, 0) is 11.2 Å². The summed E-state index contributed by atoms with van der Waals surface area (Å²) in [6.45, 7) is 8.29. The fraction of sp³-hybridized carbons (Fsp3) is 0.611. The molecule has 1 aromatic carbocycles. The van der Waals surface area contributed by atoms with Crippen LogP contribution in [0.2, 0.25) is 0 Å². The number of benzene rings is 1. The zero-order valence-corrected chi connectivity index (χ0v) is 14.1. The van der Waals surface area contributed by atoms with Gasteiger partial charge in [-0.15, -0.1) is 0 Å². The Morgan fingerprint density at radius 3 is 2.09 bits per heavy atom. The Balaban J connectivity index is 2.94. The fourth-order valence-electron chi connectivity index (χ4n) is 2.39. The molecule has 0 aromatic heterocycles. The van der Waals surface area contributed by atoms with Gasteiger partial charge in [-0.25, -0.2) is 0 Å². The van der Waals surface area contributed by atoms with E-state index in [2.05, 4.69) is 13.8 Å². The highest BCUT2D eigenvalue weighted by Crippen LogP contribution is 2.31. The standard InChI is InChI=1S/C18H28O4/c1-5-7-13(3)21-16-10-9-15(12-18(19)20)11-17(16)22-14(4)8-6-2/h9-11,13-14H,5-8,12H2,1-4H3,(H,19,20). The average Bonchev–Trinajstić information content (AvgIpc) is 2.41. The van der Waals surface area contributed by atoms with Crippen LogP contribution < -0.4 is 9.47 Å². The first kappa shape index (κ1) is 18.3. The van der Waals surface area contributed by atoms with Crippen molar-refractivity contribution in [3.05, 3.63) is 23.8 Å². The van der Waals surface area contributed by atoms with Crippen molar-refractivity contribution in [3.8, 4) is 11.5 Å². The summed E-state index contributed by atoms with van der Waals surface area (Å²) in [5.41, 5.74) is 0.724. The Labute approximate surface area is 133 Å². The average molecular weight is 308 g/mol. The molecular formula is C18H28O4. The molecule has 0 saturated heterocycles. The predicted octanol–water partition coefficient (Wildman–Crippen LogP) is 4.45. The molecular weight excluding hydrogens is 280 g/mol. The minimum absolute atomic E-state index is 0.0106. The minimum atomic E-state index is -0.847. The fourth-order valence-corrected chi connectivity index (χ4v) is 2.39. The van der Waals surface area contributed by atoms with Gasteiger partial charge in [-0.3, -0.25) is 4.79 Å². The third kappa shape index (κ3) is 6.37. The van der Waals surface area contributed by atoms with Crippen LogP contribution >= 0.6 is 0 Å². The molecule has 0 bridgehead atoms. The molecule has 0 saturated carbocycles. The highest BCUT2D eigenvalue weighted by atomic mass is 16.5. The smallest absolute Gasteiger partial charge is 0.307 e. The van der Waals surface area contributed by atoms with Gasteiger partial charge in [-0.2, -0.15) is 0 Å². The number of ether oxygens (including phenoxy) is 2. The largest absolute Gasteiger partial charge is 0.487 e. The Morgan fingerprint density at radius 1 is 1.05 bits per heavy atom. The van der Waals surface area contributed by atoms with E-state index < -0.39 is 5.97 Å². The second kappa shape index (κ2) is 9.34. The van der Waals surface area contributed by atoms with Gasteiger partial charge >= 0.3 is 5.97 Å². The van der Waals surface area contributed by atoms with Gasteiger partial charge in [0.1, 0.15) is 0 Å². The summed E-state index contributed by atoms with van der Waals surface area (Å²) >= 11 is 0. The first-order valence-corrected chi connectivity index (χ1v) is 8.14. The van der Waals surface area contributed by atoms with Gasteiger partial charge < -0.3 is 14.6 Å². The lowest BCUT2D eigenvalue weighted by atomic mass is 10.1. The monoisotopic (exact) mass is 308 g/mol. The van der Waals surface area contributed by atoms with Crippen LogP contribution in [0.1, 0.15) is 58.9 Å². The van der Waals surface area contributed by atoms with Crippen molar-refractivity contribution in [2.75, 3.05) is 0 Å². The molecule has 0 aliphatic carbocycles. The maximum Gasteiger partial charge on any atom is 0.307 e. The maximum atomic E-state index is 10.9. The van der Waals surface area contributed by atoms with Crippen molar-refractivity contribution < 1.29 is 19.4 Å². The SMILES string of the molecule is CCCC(C)Oc1ccc(CC(=O)O)cc1OC(C)CCC. The van der Waals surface area contributed by atoms with E-state index in [1.165, 1.54) is 0 Å². The van der Waals surface area contributed by atoms with Gasteiger partial charge in [-0.1, -0.05) is 32.8 Å². The van der Waals surface area contributed by atoms with E-state index in [1.807, 2.05) is 19.9 Å². The number of carbonyl (C=O) groups is 1. The van der Waals surface area contributed by atoms with E-state index in [9.17, 15) is 4.79 Å². The molecule has 4 nitrogen and oxygen atoms in total. The molecule has 1 rings (SSSR count). The number of carboxylic acid groups (broad SMARTS) is 1. The molecule has 0 fully saturated rings. The van der Waals surface area contributed by atoms with E-state index in [-0.39, 0.29) is 18.6 Å². The Bertz CT molecular complexity index is 470. The second-order valence-electron chi connectivity index (χ2n) is 5.79. The molecule has 0 heterocycles. The Morgan fingerprint density at radius 2 is 1.59 bits per heavy atom. The number of hydrogen-bond donors (Lipinski definition) is 1. The summed E-state index contributed by atoms with van der Waals surface area (Å²) in [7, 11) is 0. The molecule has 2 atom stereocenters. The first-order valence-electron chi connectivity index (χ1n) is 8.14. The highest BCUT2D eigenvalue weighted by Gasteiger charge is 2.14. The normalized spacial score (nSPS) is 13.5. The quantitative estimate of drug-likeness (QED) is 0.694. The number of hydrogen-bond acceptors (Lipinski definition) is 3. The van der Waals surface area contributed by atoms with Gasteiger partial charge in [0, 0.05) is 0 Å².